The van der Waals surface area contributed by atoms with Crippen molar-refractivity contribution in [1.29, 1.82) is 0 Å². The molecule has 178 valence electrons. The molecule has 1 atom stereocenters. The van der Waals surface area contributed by atoms with E-state index in [1.807, 2.05) is 31.2 Å². The Balaban J connectivity index is 1.36. The second kappa shape index (κ2) is 10.8. The zero-order valence-electron chi connectivity index (χ0n) is 19.1. The molecule has 1 aliphatic rings. The van der Waals surface area contributed by atoms with Crippen LogP contribution in [0.2, 0.25) is 0 Å². The molecule has 1 saturated heterocycles. The average Bonchev–Trinajstić information content (AvgIpc) is 3.43. The van der Waals surface area contributed by atoms with Gasteiger partial charge in [-0.1, -0.05) is 12.1 Å². The Labute approximate surface area is 197 Å². The molecule has 34 heavy (non-hydrogen) atoms. The van der Waals surface area contributed by atoms with E-state index in [1.165, 1.54) is 13.4 Å². The molecule has 2 aromatic carbocycles. The number of morpholine rings is 1. The summed E-state index contributed by atoms with van der Waals surface area (Å²) in [5.74, 6) is 0.419. The first-order valence-corrected chi connectivity index (χ1v) is 11.0. The second-order valence-electron chi connectivity index (χ2n) is 7.77. The van der Waals surface area contributed by atoms with Gasteiger partial charge in [0.2, 0.25) is 0 Å². The second-order valence-corrected chi connectivity index (χ2v) is 7.77. The van der Waals surface area contributed by atoms with Gasteiger partial charge in [-0.25, -0.2) is 9.67 Å². The van der Waals surface area contributed by atoms with Gasteiger partial charge in [0.1, 0.15) is 12.7 Å². The molecule has 2 heterocycles. The first-order chi connectivity index (χ1) is 16.5. The highest BCUT2D eigenvalue weighted by Crippen LogP contribution is 2.28. The molecule has 3 aromatic rings. The van der Waals surface area contributed by atoms with Gasteiger partial charge in [-0.3, -0.25) is 9.59 Å². The molecule has 0 aliphatic carbocycles. The van der Waals surface area contributed by atoms with Crippen LogP contribution in [0.1, 0.15) is 28.9 Å². The molecular weight excluding hydrogens is 438 g/mol. The van der Waals surface area contributed by atoms with Crippen LogP contribution in [0.5, 0.6) is 11.5 Å². The molecule has 0 bridgehead atoms. The Bertz CT molecular complexity index is 1110. The van der Waals surface area contributed by atoms with Gasteiger partial charge < -0.3 is 24.4 Å². The van der Waals surface area contributed by atoms with Crippen LogP contribution in [0.3, 0.4) is 0 Å². The summed E-state index contributed by atoms with van der Waals surface area (Å²) >= 11 is 0. The number of rotatable bonds is 8. The summed E-state index contributed by atoms with van der Waals surface area (Å²) < 4.78 is 18.0. The molecule has 10 heteroatoms. The third-order valence-electron chi connectivity index (χ3n) is 5.56. The lowest BCUT2D eigenvalue weighted by atomic mass is 10.1. The maximum absolute atomic E-state index is 12.8. The van der Waals surface area contributed by atoms with Crippen LogP contribution >= 0.6 is 0 Å². The summed E-state index contributed by atoms with van der Waals surface area (Å²) in [6.45, 7) is 3.98. The number of methoxy groups -OCH3 is 1. The van der Waals surface area contributed by atoms with Crippen LogP contribution in [-0.4, -0.2) is 71.5 Å². The van der Waals surface area contributed by atoms with Gasteiger partial charge in [-0.05, 0) is 42.8 Å². The summed E-state index contributed by atoms with van der Waals surface area (Å²) in [6.07, 6.45) is 3.10. The highest BCUT2D eigenvalue weighted by Gasteiger charge is 2.19. The normalized spacial score (nSPS) is 14.4. The highest BCUT2D eigenvalue weighted by atomic mass is 16.5. The Hall–Kier alpha value is -3.92. The van der Waals surface area contributed by atoms with Crippen molar-refractivity contribution in [2.45, 2.75) is 13.0 Å². The lowest BCUT2D eigenvalue weighted by molar-refractivity contribution is -0.137. The van der Waals surface area contributed by atoms with Crippen molar-refractivity contribution < 1.29 is 23.8 Å². The summed E-state index contributed by atoms with van der Waals surface area (Å²) in [5, 5.41) is 7.09. The number of ether oxygens (including phenoxy) is 3. The van der Waals surface area contributed by atoms with Crippen molar-refractivity contribution >= 4 is 11.8 Å². The third-order valence-corrected chi connectivity index (χ3v) is 5.56. The van der Waals surface area contributed by atoms with Gasteiger partial charge in [0, 0.05) is 18.7 Å². The van der Waals surface area contributed by atoms with Gasteiger partial charge >= 0.3 is 0 Å². The minimum absolute atomic E-state index is 0.108. The monoisotopic (exact) mass is 465 g/mol. The van der Waals surface area contributed by atoms with E-state index in [2.05, 4.69) is 15.4 Å². The number of nitrogens with one attached hydrogen (secondary N) is 1. The fourth-order valence-electron chi connectivity index (χ4n) is 3.59. The first-order valence-electron chi connectivity index (χ1n) is 11.0. The molecule has 0 unspecified atom stereocenters. The van der Waals surface area contributed by atoms with E-state index < -0.39 is 0 Å². The summed E-state index contributed by atoms with van der Waals surface area (Å²) in [7, 11) is 1.49. The zero-order valence-corrected chi connectivity index (χ0v) is 19.1. The van der Waals surface area contributed by atoms with Gasteiger partial charge in [-0.15, -0.1) is 0 Å². The molecule has 1 N–H and O–H groups in total. The SMILES string of the molecule is COc1cc(C(=O)N[C@@H](C)c2ccc(-n3cncn3)cc2)ccc1OCC(=O)N1CCOCC1. The molecular formula is C24H27N5O5. The fourth-order valence-corrected chi connectivity index (χ4v) is 3.59. The first kappa shape index (κ1) is 23.2. The standard InChI is InChI=1S/C24H27N5O5/c1-17(18-3-6-20(7-4-18)29-16-25-15-26-29)27-24(31)19-5-8-21(22(13-19)32-2)34-14-23(30)28-9-11-33-12-10-28/h3-8,13,15-17H,9-12,14H2,1-2H3,(H,27,31)/t17-/m0/s1. The number of amides is 2. The van der Waals surface area contributed by atoms with Crippen molar-refractivity contribution in [3.8, 4) is 17.2 Å². The molecule has 0 spiro atoms. The zero-order chi connectivity index (χ0) is 23.9. The molecule has 10 nitrogen and oxygen atoms in total. The van der Waals surface area contributed by atoms with E-state index in [-0.39, 0.29) is 24.5 Å². The predicted molar refractivity (Wildman–Crippen MR) is 123 cm³/mol. The average molecular weight is 466 g/mol. The highest BCUT2D eigenvalue weighted by molar-refractivity contribution is 5.95. The van der Waals surface area contributed by atoms with Gasteiger partial charge in [0.05, 0.1) is 32.1 Å². The Morgan fingerprint density at radius 1 is 1.12 bits per heavy atom. The van der Waals surface area contributed by atoms with Crippen molar-refractivity contribution in [1.82, 2.24) is 25.0 Å². The topological polar surface area (TPSA) is 108 Å². The van der Waals surface area contributed by atoms with E-state index in [4.69, 9.17) is 14.2 Å². The Kier molecular flexibility index (Phi) is 7.38. The molecule has 0 radical (unpaired) electrons. The van der Waals surface area contributed by atoms with Gasteiger partial charge in [0.15, 0.2) is 18.1 Å². The lowest BCUT2D eigenvalue weighted by Crippen LogP contribution is -2.43. The number of carbonyl (C=O) groups excluding carboxylic acids is 2. The summed E-state index contributed by atoms with van der Waals surface area (Å²) in [4.78, 5) is 30.8. The number of nitrogens with zero attached hydrogens (tertiary/aromatic N) is 4. The number of carbonyl (C=O) groups is 2. The van der Waals surface area contributed by atoms with Crippen LogP contribution in [0.25, 0.3) is 5.69 Å². The van der Waals surface area contributed by atoms with Crippen LogP contribution in [0.15, 0.2) is 55.1 Å². The van der Waals surface area contributed by atoms with Crippen molar-refractivity contribution in [3.63, 3.8) is 0 Å². The van der Waals surface area contributed by atoms with Crippen LogP contribution in [0.4, 0.5) is 0 Å². The van der Waals surface area contributed by atoms with E-state index in [0.29, 0.717) is 43.4 Å². The van der Waals surface area contributed by atoms with Crippen LogP contribution < -0.4 is 14.8 Å². The number of benzene rings is 2. The van der Waals surface area contributed by atoms with E-state index in [1.54, 1.807) is 34.1 Å². The number of hydrogen-bond acceptors (Lipinski definition) is 7. The third kappa shape index (κ3) is 5.52. The van der Waals surface area contributed by atoms with E-state index >= 15 is 0 Å². The number of hydrogen-bond donors (Lipinski definition) is 1. The maximum atomic E-state index is 12.8. The minimum Gasteiger partial charge on any atom is -0.493 e. The van der Waals surface area contributed by atoms with E-state index in [9.17, 15) is 9.59 Å². The fraction of sp³-hybridized carbons (Fsp3) is 0.333. The maximum Gasteiger partial charge on any atom is 0.260 e. The van der Waals surface area contributed by atoms with Gasteiger partial charge in [0.25, 0.3) is 11.8 Å². The minimum atomic E-state index is -0.248. The van der Waals surface area contributed by atoms with Crippen molar-refractivity contribution in [3.05, 3.63) is 66.2 Å². The predicted octanol–water partition coefficient (Wildman–Crippen LogP) is 2.00. The summed E-state index contributed by atoms with van der Waals surface area (Å²) in [6, 6.07) is 12.4. The number of aromatic nitrogens is 3. The Morgan fingerprint density at radius 3 is 2.56 bits per heavy atom. The lowest BCUT2D eigenvalue weighted by Gasteiger charge is -2.26. The molecule has 1 aromatic heterocycles. The van der Waals surface area contributed by atoms with Crippen LogP contribution in [0, 0.1) is 0 Å². The quantitative estimate of drug-likeness (QED) is 0.542. The van der Waals surface area contributed by atoms with Crippen molar-refractivity contribution in [2.75, 3.05) is 40.0 Å². The summed E-state index contributed by atoms with van der Waals surface area (Å²) in [5.41, 5.74) is 2.26. The largest absolute Gasteiger partial charge is 0.493 e. The van der Waals surface area contributed by atoms with E-state index in [0.717, 1.165) is 11.3 Å². The Morgan fingerprint density at radius 2 is 1.88 bits per heavy atom. The molecule has 0 saturated carbocycles. The smallest absolute Gasteiger partial charge is 0.260 e. The van der Waals surface area contributed by atoms with Gasteiger partial charge in [-0.2, -0.15) is 5.10 Å². The van der Waals surface area contributed by atoms with Crippen LogP contribution in [-0.2, 0) is 9.53 Å². The molecule has 2 amide bonds. The molecule has 4 rings (SSSR count). The molecule has 1 aliphatic heterocycles. The molecule has 1 fully saturated rings. The van der Waals surface area contributed by atoms with Crippen molar-refractivity contribution in [2.24, 2.45) is 0 Å².